The molecule has 0 bridgehead atoms. The Morgan fingerprint density at radius 1 is 1.33 bits per heavy atom. The standard InChI is InChI=1S/C12H15N3O3/c1-15(2)9-13-14-11(16)12(17)18-8-10-6-4-3-5-7-10/h3-7,9H,8H2,1-2H3,(H,14,16)/b13-9+. The van der Waals surface area contributed by atoms with Gasteiger partial charge in [-0.3, -0.25) is 4.79 Å². The first-order chi connectivity index (χ1) is 8.59. The molecule has 0 saturated carbocycles. The molecule has 18 heavy (non-hydrogen) atoms. The molecular formula is C12H15N3O3. The topological polar surface area (TPSA) is 71.0 Å². The normalized spacial score (nSPS) is 10.1. The summed E-state index contributed by atoms with van der Waals surface area (Å²) in [7, 11) is 3.48. The Morgan fingerprint density at radius 2 is 2.00 bits per heavy atom. The van der Waals surface area contributed by atoms with E-state index in [1.807, 2.05) is 18.2 Å². The highest BCUT2D eigenvalue weighted by atomic mass is 16.5. The number of carbonyl (C=O) groups is 2. The fraction of sp³-hybridized carbons (Fsp3) is 0.250. The Labute approximate surface area is 105 Å². The van der Waals surface area contributed by atoms with Crippen molar-refractivity contribution in [3.63, 3.8) is 0 Å². The lowest BCUT2D eigenvalue weighted by molar-refractivity contribution is -0.155. The molecule has 0 aromatic heterocycles. The van der Waals surface area contributed by atoms with Crippen LogP contribution in [0.1, 0.15) is 5.56 Å². The van der Waals surface area contributed by atoms with E-state index >= 15 is 0 Å². The zero-order chi connectivity index (χ0) is 13.4. The Bertz CT molecular complexity index is 429. The summed E-state index contributed by atoms with van der Waals surface area (Å²) in [6.45, 7) is 0.0600. The minimum absolute atomic E-state index is 0.0600. The summed E-state index contributed by atoms with van der Waals surface area (Å²) in [5.74, 6) is -1.86. The number of hydrogen-bond acceptors (Lipinski definition) is 4. The van der Waals surface area contributed by atoms with Crippen molar-refractivity contribution in [2.45, 2.75) is 6.61 Å². The van der Waals surface area contributed by atoms with Crippen molar-refractivity contribution >= 4 is 18.2 Å². The van der Waals surface area contributed by atoms with Crippen LogP contribution in [0.4, 0.5) is 0 Å². The van der Waals surface area contributed by atoms with Crippen LogP contribution in [0.25, 0.3) is 0 Å². The second kappa shape index (κ2) is 7.05. The third-order valence-corrected chi connectivity index (χ3v) is 1.85. The highest BCUT2D eigenvalue weighted by Gasteiger charge is 2.14. The highest BCUT2D eigenvalue weighted by molar-refractivity contribution is 6.32. The number of rotatable bonds is 4. The molecule has 0 unspecified atom stereocenters. The van der Waals surface area contributed by atoms with Gasteiger partial charge in [-0.05, 0) is 5.56 Å². The predicted octanol–water partition coefficient (Wildman–Crippen LogP) is 0.351. The summed E-state index contributed by atoms with van der Waals surface area (Å²) in [5.41, 5.74) is 2.88. The van der Waals surface area contributed by atoms with Crippen LogP contribution in [0.5, 0.6) is 0 Å². The van der Waals surface area contributed by atoms with Gasteiger partial charge in [0, 0.05) is 14.1 Å². The van der Waals surface area contributed by atoms with Crippen molar-refractivity contribution in [3.05, 3.63) is 35.9 Å². The van der Waals surface area contributed by atoms with Crippen LogP contribution >= 0.6 is 0 Å². The van der Waals surface area contributed by atoms with Crippen LogP contribution in [0, 0.1) is 0 Å². The third kappa shape index (κ3) is 5.11. The van der Waals surface area contributed by atoms with Crippen LogP contribution < -0.4 is 5.43 Å². The number of ether oxygens (including phenoxy) is 1. The molecule has 1 aromatic rings. The van der Waals surface area contributed by atoms with Gasteiger partial charge < -0.3 is 9.64 Å². The first kappa shape index (κ1) is 13.7. The molecule has 0 aliphatic carbocycles. The van der Waals surface area contributed by atoms with E-state index < -0.39 is 11.9 Å². The highest BCUT2D eigenvalue weighted by Crippen LogP contribution is 2.00. The SMILES string of the molecule is CN(C)/C=N/NC(=O)C(=O)OCc1ccccc1. The van der Waals surface area contributed by atoms with Crippen LogP contribution in [0.2, 0.25) is 0 Å². The van der Waals surface area contributed by atoms with Gasteiger partial charge in [0.05, 0.1) is 0 Å². The maximum Gasteiger partial charge on any atom is 0.399 e. The molecule has 0 fully saturated rings. The van der Waals surface area contributed by atoms with Crippen molar-refractivity contribution in [1.29, 1.82) is 0 Å². The van der Waals surface area contributed by atoms with E-state index in [0.717, 1.165) is 5.56 Å². The molecule has 0 saturated heterocycles. The average molecular weight is 249 g/mol. The van der Waals surface area contributed by atoms with Gasteiger partial charge in [0.2, 0.25) is 0 Å². The molecule has 0 heterocycles. The van der Waals surface area contributed by atoms with Gasteiger partial charge >= 0.3 is 11.9 Å². The predicted molar refractivity (Wildman–Crippen MR) is 66.6 cm³/mol. The Kier molecular flexibility index (Phi) is 5.37. The molecule has 6 nitrogen and oxygen atoms in total. The largest absolute Gasteiger partial charge is 0.454 e. The summed E-state index contributed by atoms with van der Waals surface area (Å²) in [5, 5.41) is 3.55. The third-order valence-electron chi connectivity index (χ3n) is 1.85. The van der Waals surface area contributed by atoms with Gasteiger partial charge in [-0.1, -0.05) is 30.3 Å². The summed E-state index contributed by atoms with van der Waals surface area (Å²) in [4.78, 5) is 24.1. The molecule has 0 aliphatic rings. The minimum atomic E-state index is -0.963. The van der Waals surface area contributed by atoms with Gasteiger partial charge in [0.1, 0.15) is 12.9 Å². The summed E-state index contributed by atoms with van der Waals surface area (Å²) in [6.07, 6.45) is 1.36. The number of esters is 1. The minimum Gasteiger partial charge on any atom is -0.454 e. The second-order valence-electron chi connectivity index (χ2n) is 3.71. The van der Waals surface area contributed by atoms with Crippen molar-refractivity contribution in [1.82, 2.24) is 10.3 Å². The van der Waals surface area contributed by atoms with E-state index in [2.05, 4.69) is 10.5 Å². The molecule has 96 valence electrons. The lowest BCUT2D eigenvalue weighted by Gasteiger charge is -2.04. The molecule has 1 amide bonds. The summed E-state index contributed by atoms with van der Waals surface area (Å²) < 4.78 is 4.81. The summed E-state index contributed by atoms with van der Waals surface area (Å²) in [6, 6.07) is 9.11. The smallest absolute Gasteiger partial charge is 0.399 e. The van der Waals surface area contributed by atoms with Crippen molar-refractivity contribution in [2.75, 3.05) is 14.1 Å². The molecule has 0 aliphatic heterocycles. The molecule has 1 aromatic carbocycles. The number of carbonyl (C=O) groups excluding carboxylic acids is 2. The molecule has 0 radical (unpaired) electrons. The van der Waals surface area contributed by atoms with Crippen LogP contribution in [-0.2, 0) is 20.9 Å². The van der Waals surface area contributed by atoms with Gasteiger partial charge in [-0.2, -0.15) is 5.10 Å². The number of hydrazone groups is 1. The second-order valence-corrected chi connectivity index (χ2v) is 3.71. The van der Waals surface area contributed by atoms with Gasteiger partial charge in [-0.15, -0.1) is 0 Å². The number of amides is 1. The number of nitrogens with zero attached hydrogens (tertiary/aromatic N) is 2. The summed E-state index contributed by atoms with van der Waals surface area (Å²) >= 11 is 0. The van der Waals surface area contributed by atoms with Crippen LogP contribution in [0.15, 0.2) is 35.4 Å². The first-order valence-electron chi connectivity index (χ1n) is 5.30. The molecule has 6 heteroatoms. The van der Waals surface area contributed by atoms with E-state index in [4.69, 9.17) is 4.74 Å². The number of hydrogen-bond donors (Lipinski definition) is 1. The lowest BCUT2D eigenvalue weighted by Crippen LogP contribution is -2.29. The van der Waals surface area contributed by atoms with E-state index in [0.29, 0.717) is 0 Å². The van der Waals surface area contributed by atoms with Gasteiger partial charge in [0.25, 0.3) is 0 Å². The van der Waals surface area contributed by atoms with E-state index in [9.17, 15) is 9.59 Å². The fourth-order valence-corrected chi connectivity index (χ4v) is 1.04. The van der Waals surface area contributed by atoms with Crippen molar-refractivity contribution in [2.24, 2.45) is 5.10 Å². The average Bonchev–Trinajstić information content (AvgIpc) is 2.36. The Hall–Kier alpha value is -2.37. The maximum atomic E-state index is 11.3. The van der Waals surface area contributed by atoms with Crippen LogP contribution in [0.3, 0.4) is 0 Å². The fourth-order valence-electron chi connectivity index (χ4n) is 1.04. The monoisotopic (exact) mass is 249 g/mol. The van der Waals surface area contributed by atoms with E-state index in [1.165, 1.54) is 6.34 Å². The number of benzene rings is 1. The molecule has 1 rings (SSSR count). The first-order valence-corrected chi connectivity index (χ1v) is 5.30. The van der Waals surface area contributed by atoms with Crippen LogP contribution in [-0.4, -0.2) is 37.2 Å². The van der Waals surface area contributed by atoms with Gasteiger partial charge in [-0.25, -0.2) is 10.2 Å². The maximum absolute atomic E-state index is 11.3. The van der Waals surface area contributed by atoms with Gasteiger partial charge in [0.15, 0.2) is 0 Å². The van der Waals surface area contributed by atoms with Crippen molar-refractivity contribution < 1.29 is 14.3 Å². The zero-order valence-electron chi connectivity index (χ0n) is 10.3. The van der Waals surface area contributed by atoms with Crippen molar-refractivity contribution in [3.8, 4) is 0 Å². The zero-order valence-corrected chi connectivity index (χ0v) is 10.3. The lowest BCUT2D eigenvalue weighted by atomic mass is 10.2. The molecular weight excluding hydrogens is 234 g/mol. The molecule has 0 atom stereocenters. The number of nitrogens with one attached hydrogen (secondary N) is 1. The quantitative estimate of drug-likeness (QED) is 0.275. The Morgan fingerprint density at radius 3 is 2.61 bits per heavy atom. The molecule has 1 N–H and O–H groups in total. The van der Waals surface area contributed by atoms with E-state index in [-0.39, 0.29) is 6.61 Å². The Balaban J connectivity index is 2.34. The molecule has 0 spiro atoms. The van der Waals surface area contributed by atoms with E-state index in [1.54, 1.807) is 31.1 Å².